The molecule has 0 aromatic heterocycles. The monoisotopic (exact) mass is 530 g/mol. The summed E-state index contributed by atoms with van der Waals surface area (Å²) in [5, 5.41) is 0. The lowest BCUT2D eigenvalue weighted by atomic mass is 9.84. The van der Waals surface area contributed by atoms with Crippen molar-refractivity contribution in [3.8, 4) is 0 Å². The molecule has 5 nitrogen and oxygen atoms in total. The highest BCUT2D eigenvalue weighted by Crippen LogP contribution is 2.37. The molecule has 11 heteroatoms. The van der Waals surface area contributed by atoms with E-state index >= 15 is 0 Å². The third kappa shape index (κ3) is 6.56. The van der Waals surface area contributed by atoms with Gasteiger partial charge in [0.1, 0.15) is 0 Å². The predicted molar refractivity (Wildman–Crippen MR) is 123 cm³/mol. The van der Waals surface area contributed by atoms with E-state index in [1.807, 2.05) is 31.2 Å². The Morgan fingerprint density at radius 1 is 0.946 bits per heavy atom. The van der Waals surface area contributed by atoms with E-state index in [1.165, 1.54) is 0 Å². The van der Waals surface area contributed by atoms with Crippen molar-refractivity contribution in [2.45, 2.75) is 44.3 Å². The number of urea groups is 1. The molecule has 2 fully saturated rings. The van der Waals surface area contributed by atoms with Gasteiger partial charge in [0, 0.05) is 32.1 Å². The fourth-order valence-corrected chi connectivity index (χ4v) is 4.88. The summed E-state index contributed by atoms with van der Waals surface area (Å²) in [7, 11) is 0. The number of alkyl halides is 6. The summed E-state index contributed by atoms with van der Waals surface area (Å²) >= 11 is 0. The number of aryl methyl sites for hydroxylation is 1. The maximum Gasteiger partial charge on any atom is 0.416 e. The minimum Gasteiger partial charge on any atom is -0.378 e. The summed E-state index contributed by atoms with van der Waals surface area (Å²) in [4.78, 5) is 16.4. The molecule has 0 N–H and O–H groups in total. The molecule has 0 bridgehead atoms. The van der Waals surface area contributed by atoms with Gasteiger partial charge in [-0.15, -0.1) is 0 Å². The van der Waals surface area contributed by atoms with E-state index in [-0.39, 0.29) is 30.1 Å². The number of amides is 2. The first-order valence-corrected chi connectivity index (χ1v) is 12.0. The van der Waals surface area contributed by atoms with Crippen LogP contribution in [0.15, 0.2) is 42.5 Å². The molecule has 0 spiro atoms. The van der Waals surface area contributed by atoms with Gasteiger partial charge in [-0.05, 0) is 48.2 Å². The van der Waals surface area contributed by atoms with Crippen LogP contribution in [0.3, 0.4) is 0 Å². The van der Waals surface area contributed by atoms with Crippen LogP contribution in [-0.4, -0.2) is 61.3 Å². The van der Waals surface area contributed by atoms with Crippen LogP contribution in [0.4, 0.5) is 31.1 Å². The zero-order chi connectivity index (χ0) is 26.8. The number of likely N-dealkylation sites (tertiary alicyclic amines) is 1. The highest BCUT2D eigenvalue weighted by molar-refractivity contribution is 5.74. The molecule has 2 saturated heterocycles. The summed E-state index contributed by atoms with van der Waals surface area (Å²) < 4.78 is 91.2. The molecule has 0 radical (unpaired) electrons. The molecule has 0 aliphatic carbocycles. The van der Waals surface area contributed by atoms with Crippen molar-refractivity contribution in [3.63, 3.8) is 0 Å². The topological polar surface area (TPSA) is 42.0 Å². The average molecular weight is 531 g/mol. The smallest absolute Gasteiger partial charge is 0.378 e. The van der Waals surface area contributed by atoms with Gasteiger partial charge in [0.25, 0.3) is 0 Å². The predicted octanol–water partition coefficient (Wildman–Crippen LogP) is 5.86. The maximum absolute atomic E-state index is 13.3. The first-order valence-electron chi connectivity index (χ1n) is 12.0. The second-order valence-electron chi connectivity index (χ2n) is 9.34. The highest BCUT2D eigenvalue weighted by Gasteiger charge is 2.38. The third-order valence-electron chi connectivity index (χ3n) is 6.81. The zero-order valence-electron chi connectivity index (χ0n) is 20.2. The lowest BCUT2D eigenvalue weighted by Gasteiger charge is -2.41. The Morgan fingerprint density at radius 3 is 2.16 bits per heavy atom. The van der Waals surface area contributed by atoms with Crippen LogP contribution in [0, 0.1) is 6.92 Å². The van der Waals surface area contributed by atoms with E-state index in [1.54, 1.807) is 9.80 Å². The van der Waals surface area contributed by atoms with Crippen LogP contribution in [0.1, 0.15) is 40.2 Å². The maximum atomic E-state index is 13.3. The molecule has 2 aromatic carbocycles. The van der Waals surface area contributed by atoms with E-state index in [0.29, 0.717) is 51.4 Å². The normalized spacial score (nSPS) is 21.3. The molecule has 0 unspecified atom stereocenters. The van der Waals surface area contributed by atoms with Gasteiger partial charge in [-0.25, -0.2) is 4.79 Å². The van der Waals surface area contributed by atoms with E-state index in [4.69, 9.17) is 9.47 Å². The number of morpholine rings is 1. The van der Waals surface area contributed by atoms with Gasteiger partial charge in [0.05, 0.1) is 37.1 Å². The first kappa shape index (κ1) is 27.3. The molecule has 2 amide bonds. The summed E-state index contributed by atoms with van der Waals surface area (Å²) in [6, 6.07) is 8.89. The van der Waals surface area contributed by atoms with Gasteiger partial charge in [0.2, 0.25) is 0 Å². The number of halogens is 6. The van der Waals surface area contributed by atoms with Gasteiger partial charge in [-0.1, -0.05) is 24.3 Å². The fourth-order valence-electron chi connectivity index (χ4n) is 4.88. The van der Waals surface area contributed by atoms with Gasteiger partial charge in [-0.3, -0.25) is 0 Å². The Balaban J connectivity index is 1.58. The van der Waals surface area contributed by atoms with Crippen molar-refractivity contribution in [2.24, 2.45) is 0 Å². The SMILES string of the molecule is Cc1ccccc1[C@@H]1CCN(C(=O)N2CCOCC2)C[C@@H]1OCc1cc(C(F)(F)F)cc(C(F)(F)F)c1. The average Bonchev–Trinajstić information content (AvgIpc) is 2.86. The second kappa shape index (κ2) is 10.9. The Hall–Kier alpha value is -2.79. The molecule has 4 rings (SSSR count). The number of carbonyl (C=O) groups is 1. The Morgan fingerprint density at radius 2 is 1.57 bits per heavy atom. The number of hydrogen-bond acceptors (Lipinski definition) is 3. The van der Waals surface area contributed by atoms with E-state index in [9.17, 15) is 31.1 Å². The fraction of sp³-hybridized carbons (Fsp3) is 0.500. The summed E-state index contributed by atoms with van der Waals surface area (Å²) in [6.07, 6.45) is -9.96. The molecule has 0 saturated carbocycles. The van der Waals surface area contributed by atoms with E-state index < -0.39 is 36.2 Å². The summed E-state index contributed by atoms with van der Waals surface area (Å²) in [5.41, 5.74) is -1.03. The van der Waals surface area contributed by atoms with Crippen LogP contribution in [-0.2, 0) is 28.4 Å². The Bertz CT molecular complexity index is 1070. The number of hydrogen-bond donors (Lipinski definition) is 0. The number of benzene rings is 2. The van der Waals surface area contributed by atoms with E-state index in [2.05, 4.69) is 0 Å². The molecule has 2 aliphatic heterocycles. The quantitative estimate of drug-likeness (QED) is 0.465. The number of carbonyl (C=O) groups excluding carboxylic acids is 1. The lowest BCUT2D eigenvalue weighted by Crippen LogP contribution is -2.53. The van der Waals surface area contributed by atoms with Crippen LogP contribution in [0.2, 0.25) is 0 Å². The summed E-state index contributed by atoms with van der Waals surface area (Å²) in [6.45, 7) is 3.86. The molecular weight excluding hydrogens is 502 g/mol. The van der Waals surface area contributed by atoms with Crippen molar-refractivity contribution in [1.29, 1.82) is 0 Å². The van der Waals surface area contributed by atoms with Crippen molar-refractivity contribution in [1.82, 2.24) is 9.80 Å². The number of nitrogens with zero attached hydrogens (tertiary/aromatic N) is 2. The summed E-state index contributed by atoms with van der Waals surface area (Å²) in [5.74, 6) is -0.178. The standard InChI is InChI=1S/C26H28F6N2O3/c1-17-4-2-3-5-21(17)22-6-7-34(24(35)33-8-10-36-11-9-33)15-23(22)37-16-18-12-19(25(27,28)29)14-20(13-18)26(30,31)32/h2-5,12-14,22-23H,6-11,15-16H2,1H3/t22-,23-/m0/s1. The van der Waals surface area contributed by atoms with Gasteiger partial charge < -0.3 is 19.3 Å². The molecule has 2 aromatic rings. The lowest BCUT2D eigenvalue weighted by molar-refractivity contribution is -0.143. The van der Waals surface area contributed by atoms with Crippen LogP contribution in [0.5, 0.6) is 0 Å². The molecule has 37 heavy (non-hydrogen) atoms. The third-order valence-corrected chi connectivity index (χ3v) is 6.81. The minimum absolute atomic E-state index is 0.100. The molecule has 2 heterocycles. The van der Waals surface area contributed by atoms with Gasteiger partial charge in [0.15, 0.2) is 0 Å². The largest absolute Gasteiger partial charge is 0.416 e. The highest BCUT2D eigenvalue weighted by atomic mass is 19.4. The van der Waals surface area contributed by atoms with Crippen molar-refractivity contribution in [3.05, 3.63) is 70.3 Å². The van der Waals surface area contributed by atoms with Crippen LogP contribution < -0.4 is 0 Å². The number of ether oxygens (including phenoxy) is 2. The number of rotatable bonds is 4. The van der Waals surface area contributed by atoms with Crippen LogP contribution in [0.25, 0.3) is 0 Å². The first-order chi connectivity index (χ1) is 17.4. The number of piperidine rings is 1. The Labute approximate surface area is 210 Å². The van der Waals surface area contributed by atoms with Crippen LogP contribution >= 0.6 is 0 Å². The van der Waals surface area contributed by atoms with Crippen molar-refractivity contribution >= 4 is 6.03 Å². The van der Waals surface area contributed by atoms with Crippen molar-refractivity contribution < 1.29 is 40.6 Å². The van der Waals surface area contributed by atoms with Crippen molar-refractivity contribution in [2.75, 3.05) is 39.4 Å². The molecular formula is C26H28F6N2O3. The zero-order valence-corrected chi connectivity index (χ0v) is 20.2. The van der Waals surface area contributed by atoms with E-state index in [0.717, 1.165) is 11.1 Å². The van der Waals surface area contributed by atoms with Gasteiger partial charge >= 0.3 is 18.4 Å². The molecule has 202 valence electrons. The molecule has 2 atom stereocenters. The Kier molecular flexibility index (Phi) is 8.03. The minimum atomic E-state index is -4.94. The van der Waals surface area contributed by atoms with Gasteiger partial charge in [-0.2, -0.15) is 26.3 Å². The molecule has 2 aliphatic rings. The second-order valence-corrected chi connectivity index (χ2v) is 9.34.